The van der Waals surface area contributed by atoms with E-state index in [1.54, 1.807) is 25.0 Å². The number of methoxy groups -OCH3 is 2. The maximum Gasteiger partial charge on any atom is 0.172 e. The monoisotopic (exact) mass is 464 g/mol. The Bertz CT molecular complexity index is 1030. The number of benzene rings is 2. The molecule has 0 atom stereocenters. The van der Waals surface area contributed by atoms with Gasteiger partial charge in [0.1, 0.15) is 0 Å². The van der Waals surface area contributed by atoms with Gasteiger partial charge in [0.15, 0.2) is 22.4 Å². The summed E-state index contributed by atoms with van der Waals surface area (Å²) >= 11 is 17.4. The Labute approximate surface area is 191 Å². The van der Waals surface area contributed by atoms with Crippen LogP contribution in [0.2, 0.25) is 10.0 Å². The van der Waals surface area contributed by atoms with Gasteiger partial charge in [0.05, 0.1) is 30.8 Å². The van der Waals surface area contributed by atoms with Crippen molar-refractivity contribution in [3.05, 3.63) is 69.8 Å². The summed E-state index contributed by atoms with van der Waals surface area (Å²) in [5.41, 5.74) is 2.13. The molecule has 0 unspecified atom stereocenters. The van der Waals surface area contributed by atoms with Crippen LogP contribution < -0.4 is 20.1 Å². The Kier molecular flexibility index (Phi) is 7.79. The fraction of sp³-hybridized carbons (Fsp3) is 0.238. The maximum absolute atomic E-state index is 6.07. The zero-order valence-corrected chi connectivity index (χ0v) is 18.9. The average molecular weight is 465 g/mol. The number of hydrogen-bond acceptors (Lipinski definition) is 4. The van der Waals surface area contributed by atoms with Crippen molar-refractivity contribution in [1.82, 2.24) is 15.1 Å². The molecular formula is C21H22Cl2N4O2S. The van der Waals surface area contributed by atoms with Crippen molar-refractivity contribution in [2.24, 2.45) is 0 Å². The Balaban J connectivity index is 1.48. The maximum atomic E-state index is 6.07. The summed E-state index contributed by atoms with van der Waals surface area (Å²) in [5.74, 6) is 2.09. The number of anilines is 1. The van der Waals surface area contributed by atoms with Crippen LogP contribution in [0.5, 0.6) is 11.5 Å². The fourth-order valence-electron chi connectivity index (χ4n) is 2.86. The van der Waals surface area contributed by atoms with Gasteiger partial charge < -0.3 is 20.1 Å². The summed E-state index contributed by atoms with van der Waals surface area (Å²) in [6.45, 7) is 1.25. The third kappa shape index (κ3) is 6.01. The summed E-state index contributed by atoms with van der Waals surface area (Å²) < 4.78 is 12.4. The molecule has 0 saturated carbocycles. The largest absolute Gasteiger partial charge is 0.493 e. The van der Waals surface area contributed by atoms with E-state index in [2.05, 4.69) is 15.7 Å². The first-order valence-corrected chi connectivity index (χ1v) is 10.4. The van der Waals surface area contributed by atoms with Gasteiger partial charge in [0.2, 0.25) is 0 Å². The molecule has 30 heavy (non-hydrogen) atoms. The van der Waals surface area contributed by atoms with E-state index < -0.39 is 0 Å². The molecular weight excluding hydrogens is 443 g/mol. The zero-order valence-electron chi connectivity index (χ0n) is 16.6. The number of nitrogens with one attached hydrogen (secondary N) is 2. The number of aromatic nitrogens is 2. The molecule has 0 spiro atoms. The molecule has 158 valence electrons. The number of hydrogen-bond donors (Lipinski definition) is 2. The summed E-state index contributed by atoms with van der Waals surface area (Å²) in [7, 11) is 3.24. The highest BCUT2D eigenvalue weighted by molar-refractivity contribution is 7.80. The molecule has 0 bridgehead atoms. The molecule has 6 nitrogen and oxygen atoms in total. The van der Waals surface area contributed by atoms with E-state index in [1.165, 1.54) is 0 Å². The first-order chi connectivity index (χ1) is 14.5. The Morgan fingerprint density at radius 2 is 1.77 bits per heavy atom. The van der Waals surface area contributed by atoms with E-state index >= 15 is 0 Å². The lowest BCUT2D eigenvalue weighted by Crippen LogP contribution is -2.30. The van der Waals surface area contributed by atoms with E-state index in [0.717, 1.165) is 17.5 Å². The lowest BCUT2D eigenvalue weighted by atomic mass is 10.1. The minimum Gasteiger partial charge on any atom is -0.493 e. The molecule has 3 aromatic rings. The quantitative estimate of drug-likeness (QED) is 0.467. The first kappa shape index (κ1) is 22.2. The Morgan fingerprint density at radius 1 is 1.00 bits per heavy atom. The molecule has 0 aliphatic rings. The van der Waals surface area contributed by atoms with Crippen LogP contribution in [0.25, 0.3) is 0 Å². The van der Waals surface area contributed by atoms with Crippen LogP contribution in [0.3, 0.4) is 0 Å². The van der Waals surface area contributed by atoms with E-state index in [-0.39, 0.29) is 0 Å². The van der Waals surface area contributed by atoms with Crippen molar-refractivity contribution in [2.75, 3.05) is 26.1 Å². The smallest absolute Gasteiger partial charge is 0.172 e. The van der Waals surface area contributed by atoms with Crippen molar-refractivity contribution in [3.8, 4) is 11.5 Å². The van der Waals surface area contributed by atoms with Gasteiger partial charge >= 0.3 is 0 Å². The lowest BCUT2D eigenvalue weighted by molar-refractivity contribution is 0.354. The van der Waals surface area contributed by atoms with Gasteiger partial charge in [0.25, 0.3) is 0 Å². The standard InChI is InChI=1S/C21H22Cl2N4O2S/c1-28-18-6-4-14(12-19(18)29-2)7-9-24-21(30)25-20-8-10-27(26-20)13-15-3-5-16(22)17(23)11-15/h3-6,8,10-12H,7,9,13H2,1-2H3,(H2,24,25,26,30). The van der Waals surface area contributed by atoms with Crippen LogP contribution >= 0.6 is 35.4 Å². The third-order valence-corrected chi connectivity index (χ3v) is 5.34. The molecule has 1 aromatic heterocycles. The van der Waals surface area contributed by atoms with Gasteiger partial charge in [0, 0.05) is 18.8 Å². The lowest BCUT2D eigenvalue weighted by Gasteiger charge is -2.11. The third-order valence-electron chi connectivity index (χ3n) is 4.36. The van der Waals surface area contributed by atoms with Crippen molar-refractivity contribution >= 4 is 46.4 Å². The second-order valence-corrected chi connectivity index (χ2v) is 7.69. The second-order valence-electron chi connectivity index (χ2n) is 6.47. The normalized spacial score (nSPS) is 10.5. The molecule has 0 amide bonds. The molecule has 3 rings (SSSR count). The number of halogens is 2. The molecule has 0 aliphatic carbocycles. The van der Waals surface area contributed by atoms with Crippen LogP contribution in [0.4, 0.5) is 5.82 Å². The predicted octanol–water partition coefficient (Wildman–Crippen LogP) is 4.78. The van der Waals surface area contributed by atoms with E-state index in [1.807, 2.05) is 42.6 Å². The van der Waals surface area contributed by atoms with Gasteiger partial charge in [-0.05, 0) is 54.0 Å². The highest BCUT2D eigenvalue weighted by Crippen LogP contribution is 2.27. The van der Waals surface area contributed by atoms with Gasteiger partial charge in [-0.3, -0.25) is 4.68 Å². The number of nitrogens with zero attached hydrogens (tertiary/aromatic N) is 2. The molecule has 2 aromatic carbocycles. The van der Waals surface area contributed by atoms with E-state index in [9.17, 15) is 0 Å². The highest BCUT2D eigenvalue weighted by atomic mass is 35.5. The first-order valence-electron chi connectivity index (χ1n) is 9.21. The molecule has 2 N–H and O–H groups in total. The molecule has 1 heterocycles. The van der Waals surface area contributed by atoms with Gasteiger partial charge in [-0.15, -0.1) is 0 Å². The fourth-order valence-corrected chi connectivity index (χ4v) is 3.39. The van der Waals surface area contributed by atoms with Crippen molar-refractivity contribution in [3.63, 3.8) is 0 Å². The summed E-state index contributed by atoms with van der Waals surface area (Å²) in [5, 5.41) is 12.3. The van der Waals surface area contributed by atoms with Crippen molar-refractivity contribution in [1.29, 1.82) is 0 Å². The van der Waals surface area contributed by atoms with Crippen molar-refractivity contribution in [2.45, 2.75) is 13.0 Å². The Hall–Kier alpha value is -2.48. The Morgan fingerprint density at radius 3 is 2.50 bits per heavy atom. The van der Waals surface area contributed by atoms with E-state index in [4.69, 9.17) is 44.9 Å². The van der Waals surface area contributed by atoms with Crippen molar-refractivity contribution < 1.29 is 9.47 Å². The van der Waals surface area contributed by atoms with Crippen LogP contribution in [-0.2, 0) is 13.0 Å². The number of thiocarbonyl (C=S) groups is 1. The molecule has 0 saturated heterocycles. The number of ether oxygens (including phenoxy) is 2. The second kappa shape index (κ2) is 10.5. The minimum absolute atomic E-state index is 0.510. The van der Waals surface area contributed by atoms with Crippen LogP contribution in [0, 0.1) is 0 Å². The minimum atomic E-state index is 0.510. The average Bonchev–Trinajstić information content (AvgIpc) is 3.17. The highest BCUT2D eigenvalue weighted by Gasteiger charge is 2.06. The zero-order chi connectivity index (χ0) is 21.5. The summed E-state index contributed by atoms with van der Waals surface area (Å²) in [4.78, 5) is 0. The molecule has 0 fully saturated rings. The molecule has 9 heteroatoms. The van der Waals surface area contributed by atoms with E-state index in [0.29, 0.717) is 45.6 Å². The van der Waals surface area contributed by atoms with Gasteiger partial charge in [-0.1, -0.05) is 35.3 Å². The van der Waals surface area contributed by atoms with Gasteiger partial charge in [-0.2, -0.15) is 5.10 Å². The topological polar surface area (TPSA) is 60.3 Å². The summed E-state index contributed by atoms with van der Waals surface area (Å²) in [6.07, 6.45) is 2.66. The molecule has 0 aliphatic heterocycles. The molecule has 0 radical (unpaired) electrons. The number of rotatable bonds is 8. The SMILES string of the molecule is COc1ccc(CCNC(=S)Nc2ccn(Cc3ccc(Cl)c(Cl)c3)n2)cc1OC. The predicted molar refractivity (Wildman–Crippen MR) is 125 cm³/mol. The summed E-state index contributed by atoms with van der Waals surface area (Å²) in [6, 6.07) is 13.2. The van der Waals surface area contributed by atoms with Crippen LogP contribution in [0.1, 0.15) is 11.1 Å². The van der Waals surface area contributed by atoms with Gasteiger partial charge in [-0.25, -0.2) is 0 Å². The van der Waals surface area contributed by atoms with Crippen LogP contribution in [-0.4, -0.2) is 35.7 Å². The van der Waals surface area contributed by atoms with Crippen LogP contribution in [0.15, 0.2) is 48.7 Å².